The van der Waals surface area contributed by atoms with Gasteiger partial charge in [-0.1, -0.05) is 25.4 Å². The molecule has 15 heavy (non-hydrogen) atoms. The van der Waals surface area contributed by atoms with E-state index in [-0.39, 0.29) is 6.04 Å². The van der Waals surface area contributed by atoms with Gasteiger partial charge in [-0.3, -0.25) is 4.68 Å². The molecule has 1 atom stereocenters. The number of thioether (sulfide) groups is 1. The van der Waals surface area contributed by atoms with Crippen molar-refractivity contribution in [1.82, 2.24) is 9.78 Å². The molecular formula is C10H18ClN3S. The quantitative estimate of drug-likeness (QED) is 0.869. The normalized spacial score (nSPS) is 13.5. The van der Waals surface area contributed by atoms with Crippen molar-refractivity contribution >= 4 is 23.4 Å². The minimum atomic E-state index is -0.0336. The third kappa shape index (κ3) is 3.70. The average molecular weight is 248 g/mol. The molecule has 0 saturated heterocycles. The van der Waals surface area contributed by atoms with Crippen LogP contribution in [0.4, 0.5) is 0 Å². The fraction of sp³-hybridized carbons (Fsp3) is 0.700. The summed E-state index contributed by atoms with van der Waals surface area (Å²) in [5.74, 6) is 2.71. The van der Waals surface area contributed by atoms with Crippen LogP contribution < -0.4 is 5.73 Å². The lowest BCUT2D eigenvalue weighted by Crippen LogP contribution is -2.18. The number of hydrogen-bond acceptors (Lipinski definition) is 3. The molecular weight excluding hydrogens is 230 g/mol. The minimum absolute atomic E-state index is 0.0336. The van der Waals surface area contributed by atoms with E-state index in [9.17, 15) is 0 Å². The summed E-state index contributed by atoms with van der Waals surface area (Å²) < 4.78 is 1.75. The molecule has 0 aliphatic rings. The monoisotopic (exact) mass is 247 g/mol. The van der Waals surface area contributed by atoms with Crippen LogP contribution in [-0.4, -0.2) is 21.3 Å². The first-order valence-corrected chi connectivity index (χ1v) is 6.56. The van der Waals surface area contributed by atoms with Crippen LogP contribution in [0.1, 0.15) is 25.6 Å². The van der Waals surface area contributed by atoms with Gasteiger partial charge < -0.3 is 5.73 Å². The molecule has 0 aliphatic heterocycles. The third-order valence-corrected chi connectivity index (χ3v) is 3.83. The van der Waals surface area contributed by atoms with Crippen molar-refractivity contribution < 1.29 is 0 Å². The first-order valence-electron chi connectivity index (χ1n) is 5.03. The molecule has 1 aromatic rings. The van der Waals surface area contributed by atoms with Crippen molar-refractivity contribution in [3.05, 3.63) is 16.9 Å². The largest absolute Gasteiger partial charge is 0.322 e. The highest BCUT2D eigenvalue weighted by Crippen LogP contribution is 2.23. The smallest absolute Gasteiger partial charge is 0.0834 e. The number of aryl methyl sites for hydroxylation is 1. The summed E-state index contributed by atoms with van der Waals surface area (Å²) in [5.41, 5.74) is 6.99. The number of halogens is 1. The van der Waals surface area contributed by atoms with Crippen LogP contribution in [-0.2, 0) is 7.05 Å². The van der Waals surface area contributed by atoms with Gasteiger partial charge in [0.1, 0.15) is 0 Å². The maximum atomic E-state index is 6.06. The second-order valence-electron chi connectivity index (χ2n) is 4.04. The number of rotatable bonds is 5. The maximum Gasteiger partial charge on any atom is 0.0834 e. The topological polar surface area (TPSA) is 43.8 Å². The van der Waals surface area contributed by atoms with Crippen molar-refractivity contribution in [3.63, 3.8) is 0 Å². The molecule has 0 amide bonds. The Balaban J connectivity index is 2.50. The van der Waals surface area contributed by atoms with E-state index in [1.807, 2.05) is 18.8 Å². The van der Waals surface area contributed by atoms with Crippen molar-refractivity contribution in [1.29, 1.82) is 0 Å². The van der Waals surface area contributed by atoms with Crippen molar-refractivity contribution in [3.8, 4) is 0 Å². The molecule has 1 aromatic heterocycles. The van der Waals surface area contributed by atoms with Gasteiger partial charge in [-0.15, -0.1) is 0 Å². The SMILES string of the molecule is CC(C)CSCC(N)c1c(Cl)cnn1C. The van der Waals surface area contributed by atoms with Crippen LogP contribution >= 0.6 is 23.4 Å². The predicted octanol–water partition coefficient (Wildman–Crippen LogP) is 2.46. The van der Waals surface area contributed by atoms with E-state index in [0.717, 1.165) is 17.2 Å². The average Bonchev–Trinajstić information content (AvgIpc) is 2.45. The van der Waals surface area contributed by atoms with Crippen LogP contribution in [0.25, 0.3) is 0 Å². The van der Waals surface area contributed by atoms with E-state index in [1.165, 1.54) is 0 Å². The Morgan fingerprint density at radius 2 is 2.20 bits per heavy atom. The lowest BCUT2D eigenvalue weighted by atomic mass is 10.2. The lowest BCUT2D eigenvalue weighted by Gasteiger charge is -2.13. The van der Waals surface area contributed by atoms with E-state index in [2.05, 4.69) is 18.9 Å². The minimum Gasteiger partial charge on any atom is -0.322 e. The van der Waals surface area contributed by atoms with Gasteiger partial charge >= 0.3 is 0 Å². The molecule has 1 unspecified atom stereocenters. The van der Waals surface area contributed by atoms with Crippen LogP contribution in [0, 0.1) is 5.92 Å². The van der Waals surface area contributed by atoms with Crippen molar-refractivity contribution in [2.24, 2.45) is 18.7 Å². The second kappa shape index (κ2) is 5.77. The van der Waals surface area contributed by atoms with Gasteiger partial charge in [0, 0.05) is 12.8 Å². The summed E-state index contributed by atoms with van der Waals surface area (Å²) in [5, 5.41) is 4.74. The molecule has 5 heteroatoms. The fourth-order valence-corrected chi connectivity index (χ4v) is 2.67. The lowest BCUT2D eigenvalue weighted by molar-refractivity contribution is 0.658. The van der Waals surface area contributed by atoms with E-state index in [0.29, 0.717) is 10.9 Å². The first kappa shape index (κ1) is 12.9. The first-order chi connectivity index (χ1) is 7.02. The Bertz CT molecular complexity index is 292. The summed E-state index contributed by atoms with van der Waals surface area (Å²) in [6.07, 6.45) is 1.64. The zero-order valence-corrected chi connectivity index (χ0v) is 11.0. The highest BCUT2D eigenvalue weighted by molar-refractivity contribution is 7.99. The Hall–Kier alpha value is -0.190. The Labute approximate surface area is 100 Å². The third-order valence-electron chi connectivity index (χ3n) is 2.04. The molecule has 0 bridgehead atoms. The van der Waals surface area contributed by atoms with E-state index >= 15 is 0 Å². The Morgan fingerprint density at radius 1 is 1.53 bits per heavy atom. The van der Waals surface area contributed by atoms with Gasteiger partial charge in [-0.05, 0) is 11.7 Å². The van der Waals surface area contributed by atoms with Crippen molar-refractivity contribution in [2.75, 3.05) is 11.5 Å². The number of nitrogens with zero attached hydrogens (tertiary/aromatic N) is 2. The van der Waals surface area contributed by atoms with Gasteiger partial charge in [0.05, 0.1) is 23.0 Å². The summed E-state index contributed by atoms with van der Waals surface area (Å²) in [6, 6.07) is -0.0336. The van der Waals surface area contributed by atoms with Crippen molar-refractivity contribution in [2.45, 2.75) is 19.9 Å². The summed E-state index contributed by atoms with van der Waals surface area (Å²) in [7, 11) is 1.87. The molecule has 0 saturated carbocycles. The number of aromatic nitrogens is 2. The molecule has 0 radical (unpaired) electrons. The van der Waals surface area contributed by atoms with Crippen LogP contribution in [0.3, 0.4) is 0 Å². The molecule has 2 N–H and O–H groups in total. The Morgan fingerprint density at radius 3 is 2.67 bits per heavy atom. The highest BCUT2D eigenvalue weighted by Gasteiger charge is 2.14. The molecule has 0 aromatic carbocycles. The Kier molecular flexibility index (Phi) is 4.96. The number of hydrogen-bond donors (Lipinski definition) is 1. The number of nitrogens with two attached hydrogens (primary N) is 1. The van der Waals surface area contributed by atoms with Gasteiger partial charge in [-0.25, -0.2) is 0 Å². The second-order valence-corrected chi connectivity index (χ2v) is 5.52. The predicted molar refractivity (Wildman–Crippen MR) is 67.3 cm³/mol. The summed E-state index contributed by atoms with van der Waals surface area (Å²) in [6.45, 7) is 4.41. The maximum absolute atomic E-state index is 6.06. The highest BCUT2D eigenvalue weighted by atomic mass is 35.5. The molecule has 3 nitrogen and oxygen atoms in total. The fourth-order valence-electron chi connectivity index (χ4n) is 1.35. The summed E-state index contributed by atoms with van der Waals surface area (Å²) in [4.78, 5) is 0. The van der Waals surface area contributed by atoms with E-state index < -0.39 is 0 Å². The molecule has 86 valence electrons. The molecule has 0 aliphatic carbocycles. The van der Waals surface area contributed by atoms with Crippen LogP contribution in [0.2, 0.25) is 5.02 Å². The van der Waals surface area contributed by atoms with Crippen LogP contribution in [0.5, 0.6) is 0 Å². The summed E-state index contributed by atoms with van der Waals surface area (Å²) >= 11 is 7.87. The van der Waals surface area contributed by atoms with Crippen LogP contribution in [0.15, 0.2) is 6.20 Å². The van der Waals surface area contributed by atoms with Gasteiger partial charge in [-0.2, -0.15) is 16.9 Å². The molecule has 1 rings (SSSR count). The zero-order chi connectivity index (χ0) is 11.4. The van der Waals surface area contributed by atoms with Gasteiger partial charge in [0.25, 0.3) is 0 Å². The molecule has 0 fully saturated rings. The zero-order valence-electron chi connectivity index (χ0n) is 9.40. The van der Waals surface area contributed by atoms with Gasteiger partial charge in [0.2, 0.25) is 0 Å². The van der Waals surface area contributed by atoms with E-state index in [4.69, 9.17) is 17.3 Å². The molecule has 1 heterocycles. The standard InChI is InChI=1S/C10H18ClN3S/c1-7(2)5-15-6-9(12)10-8(11)4-13-14(10)3/h4,7,9H,5-6,12H2,1-3H3. The van der Waals surface area contributed by atoms with E-state index in [1.54, 1.807) is 10.9 Å². The van der Waals surface area contributed by atoms with Gasteiger partial charge in [0.15, 0.2) is 0 Å². The molecule has 0 spiro atoms.